The van der Waals surface area contributed by atoms with Crippen molar-refractivity contribution in [2.24, 2.45) is 18.9 Å². The lowest BCUT2D eigenvalue weighted by molar-refractivity contribution is 0.0304. The summed E-state index contributed by atoms with van der Waals surface area (Å²) in [5.41, 5.74) is 4.14. The van der Waals surface area contributed by atoms with Gasteiger partial charge >= 0.3 is 0 Å². The van der Waals surface area contributed by atoms with E-state index in [2.05, 4.69) is 39.8 Å². The second-order valence-corrected chi connectivity index (χ2v) is 8.72. The first-order valence-electron chi connectivity index (χ1n) is 10.3. The maximum absolute atomic E-state index is 13.5. The van der Waals surface area contributed by atoms with E-state index in [1.807, 2.05) is 18.9 Å². The SMILES string of the molecule is Cc1c(C(=O)N2C[C@H]3C[C@@H](n4cncn4)[C@H](O)C[C@H]3C2)n(C)c2c(C)cccc12. The summed E-state index contributed by atoms with van der Waals surface area (Å²) in [6, 6.07) is 6.18. The molecule has 0 radical (unpaired) electrons. The van der Waals surface area contributed by atoms with Gasteiger partial charge in [-0.25, -0.2) is 9.67 Å². The van der Waals surface area contributed by atoms with Crippen molar-refractivity contribution >= 4 is 16.8 Å². The van der Waals surface area contributed by atoms with Crippen LogP contribution in [0.4, 0.5) is 0 Å². The summed E-state index contributed by atoms with van der Waals surface area (Å²) in [5, 5.41) is 16.0. The second kappa shape index (κ2) is 6.69. The van der Waals surface area contributed by atoms with E-state index in [4.69, 9.17) is 0 Å². The molecule has 1 saturated carbocycles. The molecule has 1 aliphatic carbocycles. The molecule has 1 aliphatic heterocycles. The smallest absolute Gasteiger partial charge is 0.270 e. The van der Waals surface area contributed by atoms with Gasteiger partial charge in [0.2, 0.25) is 0 Å². The number of likely N-dealkylation sites (tertiary alicyclic amines) is 1. The molecule has 152 valence electrons. The Kier molecular flexibility index (Phi) is 4.24. The van der Waals surface area contributed by atoms with Crippen molar-refractivity contribution in [3.8, 4) is 0 Å². The van der Waals surface area contributed by atoms with E-state index >= 15 is 0 Å². The molecule has 2 aliphatic rings. The van der Waals surface area contributed by atoms with Crippen LogP contribution in [0.1, 0.15) is 40.5 Å². The third-order valence-corrected chi connectivity index (χ3v) is 7.04. The van der Waals surface area contributed by atoms with E-state index in [1.54, 1.807) is 11.0 Å². The first kappa shape index (κ1) is 18.4. The monoisotopic (exact) mass is 393 g/mol. The van der Waals surface area contributed by atoms with Crippen LogP contribution >= 0.6 is 0 Å². The van der Waals surface area contributed by atoms with Crippen LogP contribution in [-0.4, -0.2) is 54.4 Å². The summed E-state index contributed by atoms with van der Waals surface area (Å²) < 4.78 is 3.82. The number of hydrogen-bond donors (Lipinski definition) is 1. The van der Waals surface area contributed by atoms with Crippen LogP contribution in [-0.2, 0) is 7.05 Å². The maximum Gasteiger partial charge on any atom is 0.270 e. The van der Waals surface area contributed by atoms with E-state index in [9.17, 15) is 9.90 Å². The molecular weight excluding hydrogens is 366 g/mol. The van der Waals surface area contributed by atoms with E-state index < -0.39 is 6.10 Å². The Morgan fingerprint density at radius 1 is 1.17 bits per heavy atom. The number of aryl methyl sites for hydroxylation is 3. The molecule has 2 aromatic heterocycles. The number of aliphatic hydroxyl groups is 1. The Morgan fingerprint density at radius 2 is 1.93 bits per heavy atom. The summed E-state index contributed by atoms with van der Waals surface area (Å²) in [5.74, 6) is 0.820. The Hall–Kier alpha value is -2.67. The lowest BCUT2D eigenvalue weighted by Crippen LogP contribution is -2.36. The molecule has 1 N–H and O–H groups in total. The quantitative estimate of drug-likeness (QED) is 0.726. The first-order valence-corrected chi connectivity index (χ1v) is 10.3. The Labute approximate surface area is 169 Å². The van der Waals surface area contributed by atoms with Gasteiger partial charge in [0.1, 0.15) is 18.3 Å². The molecule has 2 fully saturated rings. The molecule has 1 amide bonds. The highest BCUT2D eigenvalue weighted by Gasteiger charge is 2.44. The second-order valence-electron chi connectivity index (χ2n) is 8.72. The molecule has 0 unspecified atom stereocenters. The number of para-hydroxylation sites is 1. The fourth-order valence-electron chi connectivity index (χ4n) is 5.60. The summed E-state index contributed by atoms with van der Waals surface area (Å²) >= 11 is 0. The highest BCUT2D eigenvalue weighted by Crippen LogP contribution is 2.41. The van der Waals surface area contributed by atoms with Crippen LogP contribution in [0.2, 0.25) is 0 Å². The van der Waals surface area contributed by atoms with Gasteiger partial charge in [0.05, 0.1) is 17.7 Å². The topological polar surface area (TPSA) is 76.2 Å². The minimum absolute atomic E-state index is 0.0594. The van der Waals surface area contributed by atoms with Gasteiger partial charge in [0, 0.05) is 25.5 Å². The van der Waals surface area contributed by atoms with Crippen molar-refractivity contribution < 1.29 is 9.90 Å². The van der Waals surface area contributed by atoms with Crippen molar-refractivity contribution in [2.75, 3.05) is 13.1 Å². The van der Waals surface area contributed by atoms with Crippen molar-refractivity contribution in [1.29, 1.82) is 0 Å². The van der Waals surface area contributed by atoms with Crippen molar-refractivity contribution in [2.45, 2.75) is 38.8 Å². The zero-order valence-corrected chi connectivity index (χ0v) is 17.1. The molecule has 7 nitrogen and oxygen atoms in total. The van der Waals surface area contributed by atoms with Gasteiger partial charge in [0.15, 0.2) is 0 Å². The minimum Gasteiger partial charge on any atom is -0.391 e. The normalized spacial score (nSPS) is 26.8. The Morgan fingerprint density at radius 3 is 2.62 bits per heavy atom. The van der Waals surface area contributed by atoms with Crippen LogP contribution in [0, 0.1) is 25.7 Å². The predicted octanol–water partition coefficient (Wildman–Crippen LogP) is 2.47. The van der Waals surface area contributed by atoms with Crippen molar-refractivity contribution in [1.82, 2.24) is 24.2 Å². The number of rotatable bonds is 2. The number of aromatic nitrogens is 4. The van der Waals surface area contributed by atoms with Crippen LogP contribution < -0.4 is 0 Å². The van der Waals surface area contributed by atoms with Gasteiger partial charge in [-0.15, -0.1) is 0 Å². The highest BCUT2D eigenvalue weighted by molar-refractivity contribution is 6.02. The summed E-state index contributed by atoms with van der Waals surface area (Å²) in [6.07, 6.45) is 4.26. The number of fused-ring (bicyclic) bond motifs is 2. The third kappa shape index (κ3) is 2.79. The van der Waals surface area contributed by atoms with Crippen LogP contribution in [0.15, 0.2) is 30.9 Å². The van der Waals surface area contributed by atoms with Crippen molar-refractivity contribution in [3.63, 3.8) is 0 Å². The predicted molar refractivity (Wildman–Crippen MR) is 110 cm³/mol. The molecule has 0 bridgehead atoms. The Bertz CT molecular complexity index is 1070. The first-order chi connectivity index (χ1) is 14.0. The van der Waals surface area contributed by atoms with Gasteiger partial charge in [0.25, 0.3) is 5.91 Å². The van der Waals surface area contributed by atoms with Gasteiger partial charge in [-0.1, -0.05) is 18.2 Å². The number of carbonyl (C=O) groups excluding carboxylic acids is 1. The van der Waals surface area contributed by atoms with E-state index in [0.717, 1.165) is 35.1 Å². The van der Waals surface area contributed by atoms with Gasteiger partial charge in [-0.05, 0) is 49.7 Å². The molecule has 3 aromatic rings. The lowest BCUT2D eigenvalue weighted by atomic mass is 9.77. The fourth-order valence-corrected chi connectivity index (χ4v) is 5.60. The molecule has 1 aromatic carbocycles. The fraction of sp³-hybridized carbons (Fsp3) is 0.500. The number of nitrogens with zero attached hydrogens (tertiary/aromatic N) is 5. The third-order valence-electron chi connectivity index (χ3n) is 7.04. The number of benzene rings is 1. The zero-order valence-electron chi connectivity index (χ0n) is 17.1. The van der Waals surface area contributed by atoms with Crippen LogP contribution in [0.25, 0.3) is 10.9 Å². The summed E-state index contributed by atoms with van der Waals surface area (Å²) in [6.45, 7) is 5.58. The van der Waals surface area contributed by atoms with Gasteiger partial charge in [-0.2, -0.15) is 5.10 Å². The van der Waals surface area contributed by atoms with Crippen molar-refractivity contribution in [3.05, 3.63) is 47.7 Å². The molecule has 7 heteroatoms. The molecule has 29 heavy (non-hydrogen) atoms. The number of amides is 1. The van der Waals surface area contributed by atoms with E-state index in [-0.39, 0.29) is 11.9 Å². The molecule has 5 rings (SSSR count). The highest BCUT2D eigenvalue weighted by atomic mass is 16.3. The number of aliphatic hydroxyl groups excluding tert-OH is 1. The number of carbonyl (C=O) groups is 1. The number of hydrogen-bond acceptors (Lipinski definition) is 4. The summed E-state index contributed by atoms with van der Waals surface area (Å²) in [7, 11) is 1.99. The standard InChI is InChI=1S/C22H27N5O2/c1-13-5-4-6-17-14(2)21(25(3)20(13)17)22(29)26-9-15-7-18(27-12-23-11-24-27)19(28)8-16(15)10-26/h4-6,11-12,15-16,18-19,28H,7-10H2,1-3H3/t15-,16+,18-,19-/m1/s1. The average Bonchev–Trinajstić information content (AvgIpc) is 3.40. The molecule has 1 saturated heterocycles. The van der Waals surface area contributed by atoms with Gasteiger partial charge < -0.3 is 14.6 Å². The van der Waals surface area contributed by atoms with Crippen LogP contribution in [0.3, 0.4) is 0 Å². The van der Waals surface area contributed by atoms with E-state index in [1.165, 1.54) is 11.9 Å². The van der Waals surface area contributed by atoms with E-state index in [0.29, 0.717) is 24.8 Å². The molecule has 3 heterocycles. The maximum atomic E-state index is 13.5. The molecular formula is C22H27N5O2. The van der Waals surface area contributed by atoms with Gasteiger partial charge in [-0.3, -0.25) is 4.79 Å². The largest absolute Gasteiger partial charge is 0.391 e. The Balaban J connectivity index is 1.42. The molecule has 0 spiro atoms. The summed E-state index contributed by atoms with van der Waals surface area (Å²) in [4.78, 5) is 19.5. The van der Waals surface area contributed by atoms with Crippen LogP contribution in [0.5, 0.6) is 0 Å². The lowest BCUT2D eigenvalue weighted by Gasteiger charge is -2.34. The molecule has 4 atom stereocenters. The minimum atomic E-state index is -0.449. The average molecular weight is 393 g/mol. The zero-order chi connectivity index (χ0) is 20.3.